The molecule has 0 bridgehead atoms. The first-order valence-electron chi connectivity index (χ1n) is 7.29. The van der Waals surface area contributed by atoms with Crippen molar-refractivity contribution in [1.29, 1.82) is 0 Å². The average Bonchev–Trinajstić information content (AvgIpc) is 2.41. The molecule has 0 radical (unpaired) electrons. The lowest BCUT2D eigenvalue weighted by atomic mass is 9.99. The smallest absolute Gasteiger partial charge is 0.123 e. The summed E-state index contributed by atoms with van der Waals surface area (Å²) in [4.78, 5) is 0. The molecule has 3 unspecified atom stereocenters. The number of hydrogen-bond donors (Lipinski definition) is 1. The molecule has 1 aromatic carbocycles. The van der Waals surface area contributed by atoms with Gasteiger partial charge in [0.2, 0.25) is 0 Å². The highest BCUT2D eigenvalue weighted by atomic mass is 19.1. The van der Waals surface area contributed by atoms with Gasteiger partial charge in [-0.1, -0.05) is 19.1 Å². The standard InChI is InChI=1S/C16H24FNO/c1-3-16-11-15(8-9-19-16)18-12(2)10-13-4-6-14(17)7-5-13/h4-7,12,15-16,18H,3,8-11H2,1-2H3. The number of benzene rings is 1. The van der Waals surface area contributed by atoms with Crippen molar-refractivity contribution in [3.63, 3.8) is 0 Å². The molecule has 0 aromatic heterocycles. The van der Waals surface area contributed by atoms with Gasteiger partial charge >= 0.3 is 0 Å². The van der Waals surface area contributed by atoms with E-state index in [1.807, 2.05) is 12.1 Å². The Morgan fingerprint density at radius 3 is 2.79 bits per heavy atom. The Hall–Kier alpha value is -0.930. The second kappa shape index (κ2) is 7.01. The minimum absolute atomic E-state index is 0.167. The lowest BCUT2D eigenvalue weighted by Crippen LogP contribution is -2.43. The van der Waals surface area contributed by atoms with Crippen LogP contribution in [0.1, 0.15) is 38.7 Å². The first kappa shape index (κ1) is 14.5. The Morgan fingerprint density at radius 2 is 2.11 bits per heavy atom. The maximum atomic E-state index is 12.8. The summed E-state index contributed by atoms with van der Waals surface area (Å²) in [5.74, 6) is -0.167. The van der Waals surface area contributed by atoms with Crippen molar-refractivity contribution in [3.05, 3.63) is 35.6 Å². The van der Waals surface area contributed by atoms with Crippen molar-refractivity contribution in [3.8, 4) is 0 Å². The van der Waals surface area contributed by atoms with Crippen molar-refractivity contribution in [1.82, 2.24) is 5.32 Å². The molecule has 1 N–H and O–H groups in total. The monoisotopic (exact) mass is 265 g/mol. The lowest BCUT2D eigenvalue weighted by molar-refractivity contribution is -0.00158. The highest BCUT2D eigenvalue weighted by molar-refractivity contribution is 5.17. The van der Waals surface area contributed by atoms with Gasteiger partial charge in [0.25, 0.3) is 0 Å². The number of halogens is 1. The zero-order valence-corrected chi connectivity index (χ0v) is 11.9. The average molecular weight is 265 g/mol. The Balaban J connectivity index is 1.80. The van der Waals surface area contributed by atoms with Gasteiger partial charge in [-0.2, -0.15) is 0 Å². The van der Waals surface area contributed by atoms with Crippen LogP contribution in [-0.2, 0) is 11.2 Å². The Bertz CT molecular complexity index is 379. The van der Waals surface area contributed by atoms with Gasteiger partial charge in [-0.3, -0.25) is 0 Å². The fourth-order valence-corrected chi connectivity index (χ4v) is 2.75. The zero-order valence-electron chi connectivity index (χ0n) is 11.9. The molecule has 2 rings (SSSR count). The summed E-state index contributed by atoms with van der Waals surface area (Å²) in [6.07, 6.45) is 4.62. The molecule has 1 saturated heterocycles. The third kappa shape index (κ3) is 4.59. The van der Waals surface area contributed by atoms with E-state index in [0.29, 0.717) is 18.2 Å². The van der Waals surface area contributed by atoms with Gasteiger partial charge in [0, 0.05) is 18.7 Å². The first-order chi connectivity index (χ1) is 9.17. The molecule has 1 fully saturated rings. The fraction of sp³-hybridized carbons (Fsp3) is 0.625. The molecule has 0 amide bonds. The molecule has 0 aliphatic carbocycles. The molecule has 106 valence electrons. The molecule has 3 atom stereocenters. The quantitative estimate of drug-likeness (QED) is 0.882. The van der Waals surface area contributed by atoms with Gasteiger partial charge in [-0.25, -0.2) is 4.39 Å². The predicted molar refractivity (Wildman–Crippen MR) is 75.8 cm³/mol. The van der Waals surface area contributed by atoms with E-state index in [0.717, 1.165) is 32.3 Å². The van der Waals surface area contributed by atoms with Crippen LogP contribution in [-0.4, -0.2) is 24.8 Å². The summed E-state index contributed by atoms with van der Waals surface area (Å²) in [6, 6.07) is 7.76. The van der Waals surface area contributed by atoms with Crippen molar-refractivity contribution in [2.45, 2.75) is 57.7 Å². The fourth-order valence-electron chi connectivity index (χ4n) is 2.75. The van der Waals surface area contributed by atoms with Crippen LogP contribution in [0.25, 0.3) is 0 Å². The normalized spacial score (nSPS) is 25.2. The van der Waals surface area contributed by atoms with Crippen LogP contribution in [0.4, 0.5) is 4.39 Å². The molecular weight excluding hydrogens is 241 g/mol. The topological polar surface area (TPSA) is 21.3 Å². The maximum absolute atomic E-state index is 12.8. The number of ether oxygens (including phenoxy) is 1. The van der Waals surface area contributed by atoms with Crippen LogP contribution in [0.15, 0.2) is 24.3 Å². The van der Waals surface area contributed by atoms with Crippen LogP contribution in [0.3, 0.4) is 0 Å². The Labute approximate surface area is 115 Å². The number of hydrogen-bond acceptors (Lipinski definition) is 2. The first-order valence-corrected chi connectivity index (χ1v) is 7.29. The van der Waals surface area contributed by atoms with E-state index < -0.39 is 0 Å². The SMILES string of the molecule is CCC1CC(NC(C)Cc2ccc(F)cc2)CCO1. The third-order valence-corrected chi connectivity index (χ3v) is 3.80. The third-order valence-electron chi connectivity index (χ3n) is 3.80. The van der Waals surface area contributed by atoms with E-state index in [-0.39, 0.29) is 5.82 Å². The van der Waals surface area contributed by atoms with Gasteiger partial charge in [-0.15, -0.1) is 0 Å². The summed E-state index contributed by atoms with van der Waals surface area (Å²) in [6.45, 7) is 5.23. The van der Waals surface area contributed by atoms with E-state index in [1.165, 1.54) is 17.7 Å². The van der Waals surface area contributed by atoms with Crippen molar-refractivity contribution in [2.75, 3.05) is 6.61 Å². The largest absolute Gasteiger partial charge is 0.378 e. The summed E-state index contributed by atoms with van der Waals surface area (Å²) in [5.41, 5.74) is 1.18. The molecule has 1 heterocycles. The van der Waals surface area contributed by atoms with Gasteiger partial charge in [-0.05, 0) is 50.3 Å². The summed E-state index contributed by atoms with van der Waals surface area (Å²) in [7, 11) is 0. The minimum Gasteiger partial charge on any atom is -0.378 e. The van der Waals surface area contributed by atoms with Crippen molar-refractivity contribution >= 4 is 0 Å². The molecule has 0 spiro atoms. The second-order valence-corrected chi connectivity index (χ2v) is 5.52. The van der Waals surface area contributed by atoms with Crippen LogP contribution in [0, 0.1) is 5.82 Å². The molecule has 1 aromatic rings. The predicted octanol–water partition coefficient (Wildman–Crippen LogP) is 3.30. The van der Waals surface area contributed by atoms with Crippen molar-refractivity contribution < 1.29 is 9.13 Å². The van der Waals surface area contributed by atoms with Gasteiger partial charge < -0.3 is 10.1 Å². The van der Waals surface area contributed by atoms with Crippen LogP contribution < -0.4 is 5.32 Å². The van der Waals surface area contributed by atoms with Crippen LogP contribution in [0.5, 0.6) is 0 Å². The van der Waals surface area contributed by atoms with E-state index in [2.05, 4.69) is 19.2 Å². The molecule has 1 aliphatic heterocycles. The molecular formula is C16H24FNO. The van der Waals surface area contributed by atoms with E-state index in [1.54, 1.807) is 0 Å². The van der Waals surface area contributed by atoms with E-state index >= 15 is 0 Å². The summed E-state index contributed by atoms with van der Waals surface area (Å²) < 4.78 is 18.5. The molecule has 2 nitrogen and oxygen atoms in total. The van der Waals surface area contributed by atoms with Gasteiger partial charge in [0.15, 0.2) is 0 Å². The van der Waals surface area contributed by atoms with Crippen LogP contribution >= 0.6 is 0 Å². The van der Waals surface area contributed by atoms with E-state index in [4.69, 9.17) is 4.74 Å². The van der Waals surface area contributed by atoms with Gasteiger partial charge in [0.1, 0.15) is 5.82 Å². The molecule has 19 heavy (non-hydrogen) atoms. The highest BCUT2D eigenvalue weighted by Crippen LogP contribution is 2.17. The molecule has 3 heteroatoms. The molecule has 1 aliphatic rings. The number of rotatable bonds is 5. The lowest BCUT2D eigenvalue weighted by Gasteiger charge is -2.31. The van der Waals surface area contributed by atoms with Gasteiger partial charge in [0.05, 0.1) is 6.10 Å². The highest BCUT2D eigenvalue weighted by Gasteiger charge is 2.22. The molecule has 0 saturated carbocycles. The van der Waals surface area contributed by atoms with Crippen LogP contribution in [0.2, 0.25) is 0 Å². The Morgan fingerprint density at radius 1 is 1.37 bits per heavy atom. The number of nitrogens with one attached hydrogen (secondary N) is 1. The van der Waals surface area contributed by atoms with Crippen molar-refractivity contribution in [2.24, 2.45) is 0 Å². The minimum atomic E-state index is -0.167. The van der Waals surface area contributed by atoms with E-state index in [9.17, 15) is 4.39 Å². The maximum Gasteiger partial charge on any atom is 0.123 e. The zero-order chi connectivity index (χ0) is 13.7. The Kier molecular flexibility index (Phi) is 5.34. The second-order valence-electron chi connectivity index (χ2n) is 5.52. The summed E-state index contributed by atoms with van der Waals surface area (Å²) >= 11 is 0. The summed E-state index contributed by atoms with van der Waals surface area (Å²) in [5, 5.41) is 3.67.